The van der Waals surface area contributed by atoms with Gasteiger partial charge in [0.15, 0.2) is 0 Å². The number of aromatic nitrogens is 1. The van der Waals surface area contributed by atoms with E-state index in [9.17, 15) is 0 Å². The molecule has 0 amide bonds. The summed E-state index contributed by atoms with van der Waals surface area (Å²) in [6.45, 7) is 28.1. The van der Waals surface area contributed by atoms with Crippen LogP contribution in [0.25, 0.3) is 0 Å². The number of piperidine rings is 1. The highest BCUT2D eigenvalue weighted by atomic mass is 15.1. The van der Waals surface area contributed by atoms with Crippen LogP contribution >= 0.6 is 0 Å². The number of hydrogen-bond donors (Lipinski definition) is 3. The lowest BCUT2D eigenvalue weighted by Crippen LogP contribution is -2.33. The molecule has 0 bridgehead atoms. The third-order valence-electron chi connectivity index (χ3n) is 5.65. The number of nitrogens with zero attached hydrogens (tertiary/aromatic N) is 2. The summed E-state index contributed by atoms with van der Waals surface area (Å²) in [4.78, 5) is 7.05. The predicted molar refractivity (Wildman–Crippen MR) is 171 cm³/mol. The summed E-state index contributed by atoms with van der Waals surface area (Å²) in [7, 11) is 0. The van der Waals surface area contributed by atoms with Crippen molar-refractivity contribution in [3.05, 3.63) is 89.4 Å². The molecule has 1 aromatic carbocycles. The SMILES string of the molecule is C=C(C)/C=C(\N)Nc1cc(C)nc(NCCN2CCCCC2)c1.C=C(C)CC.CC.Cc1ccc(C)cc1. The summed E-state index contributed by atoms with van der Waals surface area (Å²) in [6.07, 6.45) is 6.95. The van der Waals surface area contributed by atoms with Crippen molar-refractivity contribution in [2.45, 2.75) is 81.1 Å². The summed E-state index contributed by atoms with van der Waals surface area (Å²) < 4.78 is 0. The summed E-state index contributed by atoms with van der Waals surface area (Å²) in [5.74, 6) is 1.47. The first-order valence-corrected chi connectivity index (χ1v) is 14.1. The molecular weight excluding hydrogens is 466 g/mol. The zero-order valence-electron chi connectivity index (χ0n) is 25.6. The standard InChI is InChI=1S/C18H29N5.C8H10.C5H10.C2H6/c1-14(2)11-17(19)22-16-12-15(3)21-18(13-16)20-7-10-23-8-5-4-6-9-23;1-7-3-5-8(2)6-4-7;1-4-5(2)3;1-2/h11-13H,1,4-10,19H2,2-3H3,(H2,20,21,22);3-6H,1-2H3;2,4H2,1,3H3;1-2H3/b17-11+;;;. The van der Waals surface area contributed by atoms with Gasteiger partial charge in [-0.1, -0.05) is 80.3 Å². The lowest BCUT2D eigenvalue weighted by atomic mass is 10.1. The van der Waals surface area contributed by atoms with Gasteiger partial charge in [0, 0.05) is 30.5 Å². The Kier molecular flexibility index (Phi) is 19.3. The molecule has 4 N–H and O–H groups in total. The number of likely N-dealkylation sites (tertiary alicyclic amines) is 1. The van der Waals surface area contributed by atoms with Crippen molar-refractivity contribution in [2.24, 2.45) is 5.73 Å². The molecule has 1 aliphatic rings. The van der Waals surface area contributed by atoms with E-state index < -0.39 is 0 Å². The Morgan fingerprint density at radius 3 is 1.97 bits per heavy atom. The van der Waals surface area contributed by atoms with E-state index >= 15 is 0 Å². The minimum Gasteiger partial charge on any atom is -0.385 e. The fraction of sp³-hybridized carbons (Fsp3) is 0.485. The van der Waals surface area contributed by atoms with Crippen LogP contribution in [-0.2, 0) is 0 Å². The Balaban J connectivity index is 0.000000746. The van der Waals surface area contributed by atoms with E-state index in [1.54, 1.807) is 0 Å². The molecule has 212 valence electrons. The van der Waals surface area contributed by atoms with E-state index in [4.69, 9.17) is 5.73 Å². The highest BCUT2D eigenvalue weighted by Gasteiger charge is 2.09. The van der Waals surface area contributed by atoms with E-state index in [1.807, 2.05) is 52.8 Å². The van der Waals surface area contributed by atoms with Crippen LogP contribution in [0.15, 0.2) is 72.6 Å². The minimum absolute atomic E-state index is 0.586. The lowest BCUT2D eigenvalue weighted by Gasteiger charge is -2.26. The van der Waals surface area contributed by atoms with Crippen LogP contribution in [0, 0.1) is 20.8 Å². The van der Waals surface area contributed by atoms with Crippen molar-refractivity contribution in [1.29, 1.82) is 0 Å². The topological polar surface area (TPSA) is 66.2 Å². The zero-order valence-corrected chi connectivity index (χ0v) is 25.6. The first-order chi connectivity index (χ1) is 18.1. The average Bonchev–Trinajstić information content (AvgIpc) is 2.87. The summed E-state index contributed by atoms with van der Waals surface area (Å²) >= 11 is 0. The maximum Gasteiger partial charge on any atom is 0.128 e. The minimum atomic E-state index is 0.586. The number of hydrogen-bond acceptors (Lipinski definition) is 5. The van der Waals surface area contributed by atoms with Gasteiger partial charge in [-0.15, -0.1) is 6.58 Å². The Morgan fingerprint density at radius 1 is 0.974 bits per heavy atom. The zero-order chi connectivity index (χ0) is 28.9. The number of nitrogens with one attached hydrogen (secondary N) is 2. The van der Waals surface area contributed by atoms with Crippen LogP contribution in [0.2, 0.25) is 0 Å². The van der Waals surface area contributed by atoms with E-state index in [2.05, 4.69) is 78.7 Å². The third-order valence-corrected chi connectivity index (χ3v) is 5.65. The van der Waals surface area contributed by atoms with E-state index in [0.29, 0.717) is 5.82 Å². The molecular formula is C33H55N5. The summed E-state index contributed by atoms with van der Waals surface area (Å²) in [5, 5.41) is 6.60. The average molecular weight is 522 g/mol. The number of pyridine rings is 1. The van der Waals surface area contributed by atoms with E-state index in [0.717, 1.165) is 42.3 Å². The summed E-state index contributed by atoms with van der Waals surface area (Å²) in [6, 6.07) is 12.5. The molecule has 2 aromatic rings. The normalized spacial score (nSPS) is 12.9. The van der Waals surface area contributed by atoms with Crippen molar-refractivity contribution >= 4 is 11.5 Å². The van der Waals surface area contributed by atoms with Crippen LogP contribution in [-0.4, -0.2) is 36.1 Å². The molecule has 3 rings (SSSR count). The smallest absolute Gasteiger partial charge is 0.128 e. The number of allylic oxidation sites excluding steroid dienone is 3. The molecule has 1 saturated heterocycles. The van der Waals surface area contributed by atoms with Gasteiger partial charge < -0.3 is 21.3 Å². The maximum absolute atomic E-state index is 5.95. The number of anilines is 2. The van der Waals surface area contributed by atoms with Gasteiger partial charge in [0.1, 0.15) is 11.6 Å². The largest absolute Gasteiger partial charge is 0.385 e. The molecule has 0 spiro atoms. The second-order valence-corrected chi connectivity index (χ2v) is 9.75. The van der Waals surface area contributed by atoms with Crippen LogP contribution in [0.5, 0.6) is 0 Å². The monoisotopic (exact) mass is 521 g/mol. The molecule has 1 aliphatic heterocycles. The maximum atomic E-state index is 5.95. The van der Waals surface area contributed by atoms with Gasteiger partial charge in [0.05, 0.1) is 0 Å². The van der Waals surface area contributed by atoms with Crippen molar-refractivity contribution < 1.29 is 0 Å². The molecule has 0 aliphatic carbocycles. The van der Waals surface area contributed by atoms with Gasteiger partial charge in [-0.2, -0.15) is 0 Å². The Labute approximate surface area is 234 Å². The van der Waals surface area contributed by atoms with Crippen molar-refractivity contribution in [3.8, 4) is 0 Å². The number of benzene rings is 1. The van der Waals surface area contributed by atoms with E-state index in [-0.39, 0.29) is 0 Å². The van der Waals surface area contributed by atoms with Crippen LogP contribution in [0.4, 0.5) is 11.5 Å². The second-order valence-electron chi connectivity index (χ2n) is 9.75. The molecule has 0 atom stereocenters. The molecule has 1 aromatic heterocycles. The van der Waals surface area contributed by atoms with Crippen molar-refractivity contribution in [2.75, 3.05) is 36.8 Å². The van der Waals surface area contributed by atoms with Crippen LogP contribution in [0.3, 0.4) is 0 Å². The fourth-order valence-corrected chi connectivity index (χ4v) is 3.46. The highest BCUT2D eigenvalue weighted by Crippen LogP contribution is 2.16. The van der Waals surface area contributed by atoms with Gasteiger partial charge in [-0.3, -0.25) is 0 Å². The highest BCUT2D eigenvalue weighted by molar-refractivity contribution is 5.56. The first kappa shape index (κ1) is 35.0. The second kappa shape index (κ2) is 20.9. The van der Waals surface area contributed by atoms with Crippen molar-refractivity contribution in [1.82, 2.24) is 9.88 Å². The fourth-order valence-electron chi connectivity index (χ4n) is 3.46. The Hall–Kier alpha value is -3.05. The Bertz CT molecular complexity index is 933. The van der Waals surface area contributed by atoms with Gasteiger partial charge in [0.2, 0.25) is 0 Å². The van der Waals surface area contributed by atoms with Crippen LogP contribution < -0.4 is 16.4 Å². The third kappa shape index (κ3) is 18.2. The predicted octanol–water partition coefficient (Wildman–Crippen LogP) is 8.38. The van der Waals surface area contributed by atoms with Gasteiger partial charge >= 0.3 is 0 Å². The molecule has 5 heteroatoms. The lowest BCUT2D eigenvalue weighted by molar-refractivity contribution is 0.237. The number of nitrogens with two attached hydrogens (primary N) is 1. The molecule has 1 fully saturated rings. The molecule has 2 heterocycles. The number of rotatable bonds is 8. The van der Waals surface area contributed by atoms with Crippen molar-refractivity contribution in [3.63, 3.8) is 0 Å². The Morgan fingerprint density at radius 2 is 1.50 bits per heavy atom. The first-order valence-electron chi connectivity index (χ1n) is 14.1. The number of aryl methyl sites for hydroxylation is 3. The summed E-state index contributed by atoms with van der Waals surface area (Å²) in [5.41, 5.74) is 12.7. The quantitative estimate of drug-likeness (QED) is 0.240. The molecule has 0 saturated carbocycles. The van der Waals surface area contributed by atoms with Gasteiger partial charge in [-0.25, -0.2) is 4.98 Å². The van der Waals surface area contributed by atoms with E-state index in [1.165, 1.54) is 49.1 Å². The molecule has 5 nitrogen and oxygen atoms in total. The van der Waals surface area contributed by atoms with Crippen LogP contribution in [0.1, 0.15) is 77.1 Å². The molecule has 38 heavy (non-hydrogen) atoms. The van der Waals surface area contributed by atoms with Gasteiger partial charge in [-0.05, 0) is 79.1 Å². The molecule has 0 radical (unpaired) electrons. The molecule has 0 unspecified atom stereocenters. The van der Waals surface area contributed by atoms with Gasteiger partial charge in [0.25, 0.3) is 0 Å².